The third-order valence-electron chi connectivity index (χ3n) is 5.83. The second-order valence-electron chi connectivity index (χ2n) is 8.00. The second kappa shape index (κ2) is 12.3. The Morgan fingerprint density at radius 2 is 1.33 bits per heavy atom. The van der Waals surface area contributed by atoms with E-state index in [4.69, 9.17) is 9.47 Å². The molecule has 3 rings (SSSR count). The Morgan fingerprint density at radius 1 is 0.806 bits per heavy atom. The van der Waals surface area contributed by atoms with E-state index in [0.29, 0.717) is 16.7 Å². The van der Waals surface area contributed by atoms with Gasteiger partial charge in [0.1, 0.15) is 6.04 Å². The van der Waals surface area contributed by atoms with Gasteiger partial charge in [-0.05, 0) is 16.7 Å². The molecule has 0 saturated carbocycles. The first-order valence-corrected chi connectivity index (χ1v) is 11.1. The maximum absolute atomic E-state index is 13.7. The molecule has 1 amide bonds. The van der Waals surface area contributed by atoms with Gasteiger partial charge in [-0.3, -0.25) is 19.7 Å². The summed E-state index contributed by atoms with van der Waals surface area (Å²) in [6.07, 6.45) is -0.268. The highest BCUT2D eigenvalue weighted by Gasteiger charge is 2.36. The maximum Gasteiger partial charge on any atom is 0.329 e. The van der Waals surface area contributed by atoms with Crippen molar-refractivity contribution in [2.24, 2.45) is 0 Å². The number of methoxy groups -OCH3 is 2. The van der Waals surface area contributed by atoms with Gasteiger partial charge in [-0.15, -0.1) is 0 Å². The number of carbonyl (C=O) groups is 3. The summed E-state index contributed by atoms with van der Waals surface area (Å²) < 4.78 is 9.78. The molecule has 0 unspecified atom stereocenters. The summed E-state index contributed by atoms with van der Waals surface area (Å²) in [7, 11) is 2.39. The molecule has 9 nitrogen and oxygen atoms in total. The minimum absolute atomic E-state index is 0.151. The van der Waals surface area contributed by atoms with Crippen molar-refractivity contribution in [3.05, 3.63) is 112 Å². The molecule has 0 radical (unpaired) electrons. The summed E-state index contributed by atoms with van der Waals surface area (Å²) in [4.78, 5) is 49.4. The van der Waals surface area contributed by atoms with E-state index in [2.05, 4.69) is 5.32 Å². The molecule has 0 spiro atoms. The Morgan fingerprint density at radius 3 is 1.78 bits per heavy atom. The van der Waals surface area contributed by atoms with E-state index in [1.165, 1.54) is 38.5 Å². The zero-order valence-corrected chi connectivity index (χ0v) is 19.8. The summed E-state index contributed by atoms with van der Waals surface area (Å²) in [5, 5.41) is 13.9. The van der Waals surface area contributed by atoms with Crippen molar-refractivity contribution in [2.75, 3.05) is 14.2 Å². The van der Waals surface area contributed by atoms with Crippen LogP contribution in [-0.2, 0) is 23.9 Å². The minimum Gasteiger partial charge on any atom is -0.469 e. The average Bonchev–Trinajstić information content (AvgIpc) is 2.91. The quantitative estimate of drug-likeness (QED) is 0.261. The third kappa shape index (κ3) is 6.32. The molecule has 3 aromatic rings. The molecule has 3 aromatic carbocycles. The average molecular weight is 491 g/mol. The lowest BCUT2D eigenvalue weighted by Crippen LogP contribution is -2.48. The molecule has 0 heterocycles. The second-order valence-corrected chi connectivity index (χ2v) is 8.00. The van der Waals surface area contributed by atoms with E-state index in [1.54, 1.807) is 0 Å². The SMILES string of the molecule is COC(=O)C[C@H](c1ccc([N+](=O)[O-])cc1)[C@@H](NC(=O)C(c1ccccc1)c1ccccc1)C(=O)OC. The van der Waals surface area contributed by atoms with Crippen molar-refractivity contribution < 1.29 is 28.8 Å². The van der Waals surface area contributed by atoms with Crippen molar-refractivity contribution in [3.8, 4) is 0 Å². The van der Waals surface area contributed by atoms with Crippen LogP contribution in [0.1, 0.15) is 34.9 Å². The number of hydrogen-bond acceptors (Lipinski definition) is 7. The van der Waals surface area contributed by atoms with Gasteiger partial charge >= 0.3 is 11.9 Å². The lowest BCUT2D eigenvalue weighted by atomic mass is 9.86. The molecule has 0 aromatic heterocycles. The number of amides is 1. The van der Waals surface area contributed by atoms with E-state index < -0.39 is 40.6 Å². The fraction of sp³-hybridized carbons (Fsp3) is 0.222. The van der Waals surface area contributed by atoms with E-state index >= 15 is 0 Å². The lowest BCUT2D eigenvalue weighted by Gasteiger charge is -2.28. The molecule has 36 heavy (non-hydrogen) atoms. The number of nitro benzene ring substituents is 1. The monoisotopic (exact) mass is 490 g/mol. The molecule has 9 heteroatoms. The van der Waals surface area contributed by atoms with E-state index in [-0.39, 0.29) is 12.1 Å². The highest BCUT2D eigenvalue weighted by Crippen LogP contribution is 2.30. The molecule has 0 aliphatic heterocycles. The van der Waals surface area contributed by atoms with Gasteiger partial charge in [0.05, 0.1) is 31.5 Å². The highest BCUT2D eigenvalue weighted by atomic mass is 16.6. The largest absolute Gasteiger partial charge is 0.469 e. The van der Waals surface area contributed by atoms with Crippen LogP contribution >= 0.6 is 0 Å². The van der Waals surface area contributed by atoms with Gasteiger partial charge in [-0.2, -0.15) is 0 Å². The molecule has 0 bridgehead atoms. The summed E-state index contributed by atoms with van der Waals surface area (Å²) >= 11 is 0. The van der Waals surface area contributed by atoms with Crippen LogP contribution in [0.5, 0.6) is 0 Å². The van der Waals surface area contributed by atoms with Crippen molar-refractivity contribution in [1.82, 2.24) is 5.32 Å². The molecule has 0 saturated heterocycles. The molecular formula is C27H26N2O7. The van der Waals surface area contributed by atoms with Crippen molar-refractivity contribution >= 4 is 23.5 Å². The first kappa shape index (κ1) is 26.1. The summed E-state index contributed by atoms with van der Waals surface area (Å²) in [5.41, 5.74) is 1.70. The first-order valence-electron chi connectivity index (χ1n) is 11.1. The fourth-order valence-corrected chi connectivity index (χ4v) is 4.01. The number of nitro groups is 1. The summed E-state index contributed by atoms with van der Waals surface area (Å²) in [6.45, 7) is 0. The van der Waals surface area contributed by atoms with Crippen LogP contribution in [0.2, 0.25) is 0 Å². The Bertz CT molecular complexity index is 1160. The molecule has 186 valence electrons. The van der Waals surface area contributed by atoms with Crippen LogP contribution in [-0.4, -0.2) is 43.0 Å². The van der Waals surface area contributed by atoms with E-state index in [1.807, 2.05) is 60.7 Å². The number of non-ortho nitro benzene ring substituents is 1. The van der Waals surface area contributed by atoms with Crippen molar-refractivity contribution in [1.29, 1.82) is 0 Å². The number of rotatable bonds is 10. The molecule has 0 aliphatic carbocycles. The predicted octanol–water partition coefficient (Wildman–Crippen LogP) is 3.73. The van der Waals surface area contributed by atoms with Crippen LogP contribution in [0.15, 0.2) is 84.9 Å². The Balaban J connectivity index is 2.02. The third-order valence-corrected chi connectivity index (χ3v) is 5.83. The number of nitrogens with zero attached hydrogens (tertiary/aromatic N) is 1. The smallest absolute Gasteiger partial charge is 0.329 e. The van der Waals surface area contributed by atoms with Gasteiger partial charge in [-0.25, -0.2) is 4.79 Å². The molecular weight excluding hydrogens is 464 g/mol. The van der Waals surface area contributed by atoms with Gasteiger partial charge in [-0.1, -0.05) is 72.8 Å². The van der Waals surface area contributed by atoms with Gasteiger partial charge in [0.2, 0.25) is 5.91 Å². The van der Waals surface area contributed by atoms with Gasteiger partial charge in [0.25, 0.3) is 5.69 Å². The number of benzene rings is 3. The molecule has 1 N–H and O–H groups in total. The summed E-state index contributed by atoms with van der Waals surface area (Å²) in [6, 6.07) is 22.3. The van der Waals surface area contributed by atoms with Crippen molar-refractivity contribution in [3.63, 3.8) is 0 Å². The number of ether oxygens (including phenoxy) is 2. The number of nitrogens with one attached hydrogen (secondary N) is 1. The highest BCUT2D eigenvalue weighted by molar-refractivity contribution is 5.92. The zero-order chi connectivity index (χ0) is 26.1. The van der Waals surface area contributed by atoms with Crippen molar-refractivity contribution in [2.45, 2.75) is 24.3 Å². The Labute approximate surface area is 208 Å². The Kier molecular flexibility index (Phi) is 8.88. The van der Waals surface area contributed by atoms with Gasteiger partial charge in [0.15, 0.2) is 0 Å². The first-order chi connectivity index (χ1) is 17.3. The molecule has 0 fully saturated rings. The zero-order valence-electron chi connectivity index (χ0n) is 19.8. The van der Waals surface area contributed by atoms with Crippen LogP contribution in [0.4, 0.5) is 5.69 Å². The van der Waals surface area contributed by atoms with Crippen LogP contribution in [0.25, 0.3) is 0 Å². The van der Waals surface area contributed by atoms with Crippen LogP contribution in [0, 0.1) is 10.1 Å². The topological polar surface area (TPSA) is 125 Å². The normalized spacial score (nSPS) is 12.3. The Hall–Kier alpha value is -4.53. The van der Waals surface area contributed by atoms with Gasteiger partial charge in [0, 0.05) is 18.1 Å². The maximum atomic E-state index is 13.7. The van der Waals surface area contributed by atoms with E-state index in [0.717, 1.165) is 0 Å². The standard InChI is InChI=1S/C27H26N2O7/c1-35-23(30)17-22(18-13-15-21(16-14-18)29(33)34)25(27(32)36-2)28-26(31)24(19-9-5-3-6-10-19)20-11-7-4-8-12-20/h3-16,22,24-25H,17H2,1-2H3,(H,28,31)/t22-,25-/m1/s1. The van der Waals surface area contributed by atoms with E-state index in [9.17, 15) is 24.5 Å². The minimum atomic E-state index is -1.27. The van der Waals surface area contributed by atoms with Crippen LogP contribution < -0.4 is 5.32 Å². The fourth-order valence-electron chi connectivity index (χ4n) is 4.01. The number of carbonyl (C=O) groups excluding carboxylic acids is 3. The lowest BCUT2D eigenvalue weighted by molar-refractivity contribution is -0.384. The molecule has 2 atom stereocenters. The number of hydrogen-bond donors (Lipinski definition) is 1. The van der Waals surface area contributed by atoms with Crippen LogP contribution in [0.3, 0.4) is 0 Å². The number of esters is 2. The molecule has 0 aliphatic rings. The summed E-state index contributed by atoms with van der Waals surface area (Å²) in [5.74, 6) is -3.50. The predicted molar refractivity (Wildman–Crippen MR) is 131 cm³/mol. The van der Waals surface area contributed by atoms with Gasteiger partial charge < -0.3 is 14.8 Å².